The fraction of sp³-hybridized carbons (Fsp3) is 0.174. The van der Waals surface area contributed by atoms with Crippen LogP contribution in [0.5, 0.6) is 11.5 Å². The van der Waals surface area contributed by atoms with E-state index < -0.39 is 0 Å². The van der Waals surface area contributed by atoms with Crippen molar-refractivity contribution in [2.75, 3.05) is 24.8 Å². The Morgan fingerprint density at radius 2 is 1.76 bits per heavy atom. The van der Waals surface area contributed by atoms with E-state index in [1.807, 2.05) is 30.3 Å². The molecule has 0 saturated carbocycles. The predicted octanol–water partition coefficient (Wildman–Crippen LogP) is 5.55. The number of ether oxygens (including phenoxy) is 2. The first-order valence-corrected chi connectivity index (χ1v) is 10.7. The van der Waals surface area contributed by atoms with Crippen LogP contribution in [0.4, 0.5) is 11.5 Å². The van der Waals surface area contributed by atoms with E-state index in [-0.39, 0.29) is 0 Å². The number of nitrogens with one attached hydrogen (secondary N) is 1. The third-order valence-corrected chi connectivity index (χ3v) is 5.75. The standard InChI is InChI=1S/C23H21N3O2S/c1-15-4-3-5-21-25-22(16-6-9-18(29-2)10-7-16)23(26(15)21)24-17-8-11-19-20(14-17)28-13-12-27-19/h3-11,14,24H,12-13H2,1-2H3. The molecule has 0 aliphatic carbocycles. The highest BCUT2D eigenvalue weighted by molar-refractivity contribution is 7.98. The number of rotatable bonds is 4. The fourth-order valence-electron chi connectivity index (χ4n) is 3.58. The third kappa shape index (κ3) is 3.29. The molecule has 5 nitrogen and oxygen atoms in total. The molecule has 0 amide bonds. The number of thioether (sulfide) groups is 1. The van der Waals surface area contributed by atoms with Gasteiger partial charge < -0.3 is 14.8 Å². The van der Waals surface area contributed by atoms with Crippen molar-refractivity contribution in [1.29, 1.82) is 0 Å². The maximum absolute atomic E-state index is 5.75. The lowest BCUT2D eigenvalue weighted by Gasteiger charge is -2.19. The van der Waals surface area contributed by atoms with Gasteiger partial charge in [-0.1, -0.05) is 18.2 Å². The number of anilines is 2. The molecule has 6 heteroatoms. The lowest BCUT2D eigenvalue weighted by molar-refractivity contribution is 0.171. The summed E-state index contributed by atoms with van der Waals surface area (Å²) in [7, 11) is 0. The largest absolute Gasteiger partial charge is 0.486 e. The molecule has 2 aromatic heterocycles. The van der Waals surface area contributed by atoms with Crippen LogP contribution >= 0.6 is 11.8 Å². The van der Waals surface area contributed by atoms with Crippen molar-refractivity contribution in [1.82, 2.24) is 9.38 Å². The van der Waals surface area contributed by atoms with Gasteiger partial charge in [-0.2, -0.15) is 0 Å². The number of aromatic nitrogens is 2. The zero-order chi connectivity index (χ0) is 19.8. The monoisotopic (exact) mass is 403 g/mol. The van der Waals surface area contributed by atoms with Gasteiger partial charge in [0, 0.05) is 27.9 Å². The lowest BCUT2D eigenvalue weighted by atomic mass is 10.1. The minimum Gasteiger partial charge on any atom is -0.486 e. The van der Waals surface area contributed by atoms with Crippen molar-refractivity contribution in [3.8, 4) is 22.8 Å². The number of hydrogen-bond donors (Lipinski definition) is 1. The molecule has 4 aromatic rings. The highest BCUT2D eigenvalue weighted by atomic mass is 32.2. The Kier molecular flexibility index (Phi) is 4.56. The first-order chi connectivity index (χ1) is 14.2. The van der Waals surface area contributed by atoms with Gasteiger partial charge in [-0.25, -0.2) is 4.98 Å². The summed E-state index contributed by atoms with van der Waals surface area (Å²) in [6.07, 6.45) is 2.08. The van der Waals surface area contributed by atoms with Crippen LogP contribution in [0.25, 0.3) is 16.9 Å². The summed E-state index contributed by atoms with van der Waals surface area (Å²) >= 11 is 1.73. The number of aryl methyl sites for hydroxylation is 1. The molecule has 2 aromatic carbocycles. The average molecular weight is 404 g/mol. The molecule has 0 atom stereocenters. The fourth-order valence-corrected chi connectivity index (χ4v) is 3.99. The van der Waals surface area contributed by atoms with Crippen molar-refractivity contribution in [3.05, 3.63) is 66.4 Å². The van der Waals surface area contributed by atoms with E-state index in [9.17, 15) is 0 Å². The van der Waals surface area contributed by atoms with E-state index in [0.29, 0.717) is 13.2 Å². The topological polar surface area (TPSA) is 47.8 Å². The van der Waals surface area contributed by atoms with Crippen LogP contribution in [-0.2, 0) is 0 Å². The van der Waals surface area contributed by atoms with Crippen molar-refractivity contribution in [2.24, 2.45) is 0 Å². The Morgan fingerprint density at radius 3 is 2.55 bits per heavy atom. The zero-order valence-electron chi connectivity index (χ0n) is 16.3. The van der Waals surface area contributed by atoms with Crippen LogP contribution in [-0.4, -0.2) is 28.9 Å². The van der Waals surface area contributed by atoms with E-state index in [4.69, 9.17) is 14.5 Å². The lowest BCUT2D eigenvalue weighted by Crippen LogP contribution is -2.15. The van der Waals surface area contributed by atoms with E-state index in [1.165, 1.54) is 4.90 Å². The van der Waals surface area contributed by atoms with E-state index in [0.717, 1.165) is 45.6 Å². The van der Waals surface area contributed by atoms with Crippen LogP contribution in [0, 0.1) is 6.92 Å². The van der Waals surface area contributed by atoms with Crippen molar-refractivity contribution in [3.63, 3.8) is 0 Å². The van der Waals surface area contributed by atoms with Gasteiger partial charge in [-0.3, -0.25) is 4.40 Å². The van der Waals surface area contributed by atoms with Crippen LogP contribution < -0.4 is 14.8 Å². The smallest absolute Gasteiger partial charge is 0.163 e. The zero-order valence-corrected chi connectivity index (χ0v) is 17.1. The van der Waals surface area contributed by atoms with Gasteiger partial charge in [0.1, 0.15) is 30.4 Å². The van der Waals surface area contributed by atoms with Gasteiger partial charge in [0.15, 0.2) is 11.5 Å². The molecule has 0 fully saturated rings. The minimum absolute atomic E-state index is 0.568. The second-order valence-electron chi connectivity index (χ2n) is 6.88. The Hall–Kier alpha value is -3.12. The normalized spacial score (nSPS) is 12.9. The summed E-state index contributed by atoms with van der Waals surface area (Å²) in [4.78, 5) is 6.15. The van der Waals surface area contributed by atoms with E-state index in [2.05, 4.69) is 53.2 Å². The SMILES string of the molecule is CSc1ccc(-c2nc3cccc(C)n3c2Nc2ccc3c(c2)OCCO3)cc1. The van der Waals surface area contributed by atoms with Gasteiger partial charge >= 0.3 is 0 Å². The molecule has 1 aliphatic rings. The number of hydrogen-bond acceptors (Lipinski definition) is 5. The van der Waals surface area contributed by atoms with Gasteiger partial charge in [-0.15, -0.1) is 11.8 Å². The molecule has 0 radical (unpaired) electrons. The molecular formula is C23H21N3O2S. The molecule has 5 rings (SSSR count). The van der Waals surface area contributed by atoms with E-state index >= 15 is 0 Å². The number of nitrogens with zero attached hydrogens (tertiary/aromatic N) is 2. The Labute approximate surface area is 173 Å². The van der Waals surface area contributed by atoms with Crippen LogP contribution in [0.3, 0.4) is 0 Å². The summed E-state index contributed by atoms with van der Waals surface area (Å²) in [5.41, 5.74) is 4.95. The Balaban J connectivity index is 1.63. The second-order valence-corrected chi connectivity index (χ2v) is 7.76. The second kappa shape index (κ2) is 7.37. The molecule has 146 valence electrons. The van der Waals surface area contributed by atoms with Gasteiger partial charge in [0.05, 0.1) is 0 Å². The summed E-state index contributed by atoms with van der Waals surface area (Å²) in [5, 5.41) is 3.57. The summed E-state index contributed by atoms with van der Waals surface area (Å²) in [6.45, 7) is 3.24. The Morgan fingerprint density at radius 1 is 0.966 bits per heavy atom. The average Bonchev–Trinajstić information content (AvgIpc) is 3.13. The molecule has 1 N–H and O–H groups in total. The molecule has 0 unspecified atom stereocenters. The van der Waals surface area contributed by atoms with Gasteiger partial charge in [0.2, 0.25) is 0 Å². The number of pyridine rings is 1. The molecule has 1 aliphatic heterocycles. The summed E-state index contributed by atoms with van der Waals surface area (Å²) in [6, 6.07) is 20.6. The van der Waals surface area contributed by atoms with Crippen molar-refractivity contribution >= 4 is 28.9 Å². The number of imidazole rings is 1. The molecule has 0 bridgehead atoms. The van der Waals surface area contributed by atoms with E-state index in [1.54, 1.807) is 11.8 Å². The molecule has 29 heavy (non-hydrogen) atoms. The van der Waals surface area contributed by atoms with Crippen LogP contribution in [0.15, 0.2) is 65.6 Å². The maximum atomic E-state index is 5.75. The first-order valence-electron chi connectivity index (χ1n) is 9.52. The first kappa shape index (κ1) is 17.9. The predicted molar refractivity (Wildman–Crippen MR) is 118 cm³/mol. The number of benzene rings is 2. The molecule has 3 heterocycles. The maximum Gasteiger partial charge on any atom is 0.163 e. The highest BCUT2D eigenvalue weighted by Gasteiger charge is 2.17. The number of fused-ring (bicyclic) bond motifs is 2. The van der Waals surface area contributed by atoms with Gasteiger partial charge in [0.25, 0.3) is 0 Å². The van der Waals surface area contributed by atoms with Gasteiger partial charge in [-0.05, 0) is 49.6 Å². The van der Waals surface area contributed by atoms with Crippen LogP contribution in [0.1, 0.15) is 5.69 Å². The van der Waals surface area contributed by atoms with Crippen molar-refractivity contribution < 1.29 is 9.47 Å². The summed E-state index contributed by atoms with van der Waals surface area (Å²) < 4.78 is 13.5. The summed E-state index contributed by atoms with van der Waals surface area (Å²) in [5.74, 6) is 2.48. The Bertz CT molecular complexity index is 1180. The quantitative estimate of drug-likeness (QED) is 0.453. The third-order valence-electron chi connectivity index (χ3n) is 5.01. The van der Waals surface area contributed by atoms with Crippen molar-refractivity contribution in [2.45, 2.75) is 11.8 Å². The molecule has 0 saturated heterocycles. The highest BCUT2D eigenvalue weighted by Crippen LogP contribution is 2.37. The molecule has 0 spiro atoms. The van der Waals surface area contributed by atoms with Crippen LogP contribution in [0.2, 0.25) is 0 Å². The molecular weight excluding hydrogens is 382 g/mol. The minimum atomic E-state index is 0.568.